The molecule has 0 fully saturated rings. The van der Waals surface area contributed by atoms with Crippen molar-refractivity contribution in [3.63, 3.8) is 0 Å². The minimum atomic E-state index is -3.17. The smallest absolute Gasteiger partial charge is 0.121 e. The first-order valence-electron chi connectivity index (χ1n) is 9.60. The number of quaternary nitrogens is 2. The fourth-order valence-corrected chi connectivity index (χ4v) is 2.68. The van der Waals surface area contributed by atoms with Crippen molar-refractivity contribution in [3.05, 3.63) is 0 Å². The highest BCUT2D eigenvalue weighted by atomic mass is 19.1. The molecule has 0 N–H and O–H groups in total. The molecule has 0 bridgehead atoms. The Bertz CT molecular complexity index is 235. The Labute approximate surface area is 157 Å². The van der Waals surface area contributed by atoms with Crippen molar-refractivity contribution in [1.29, 1.82) is 5.26 Å². The van der Waals surface area contributed by atoms with Gasteiger partial charge in [-0.05, 0) is 55.4 Å². The van der Waals surface area contributed by atoms with Crippen LogP contribution >= 0.6 is 0 Å². The second kappa shape index (κ2) is 21.4. The van der Waals surface area contributed by atoms with Crippen molar-refractivity contribution < 1.29 is 23.3 Å². The van der Waals surface area contributed by atoms with E-state index in [-0.39, 0.29) is 0 Å². The lowest BCUT2D eigenvalue weighted by Gasteiger charge is -2.34. The average molecular weight is 363 g/mol. The fraction of sp³-hybridized carbons (Fsp3) is 0.944. The maximum atomic E-state index is 9.89. The van der Waals surface area contributed by atoms with Crippen molar-refractivity contribution in [1.82, 2.24) is 0 Å². The summed E-state index contributed by atoms with van der Waals surface area (Å²) in [5.41, 5.74) is 0. The second-order valence-electron chi connectivity index (χ2n) is 5.71. The Hall–Kier alpha value is -0.675. The fourth-order valence-electron chi connectivity index (χ4n) is 2.68. The lowest BCUT2D eigenvalue weighted by molar-refractivity contribution is -0.921. The van der Waals surface area contributed by atoms with Crippen LogP contribution in [0.3, 0.4) is 0 Å². The van der Waals surface area contributed by atoms with Gasteiger partial charge in [-0.15, -0.1) is 0 Å². The van der Waals surface area contributed by atoms with Gasteiger partial charge in [0.25, 0.3) is 0 Å². The first-order chi connectivity index (χ1) is 11.6. The zero-order chi connectivity index (χ0) is 20.9. The first-order valence-corrected chi connectivity index (χ1v) is 9.60. The second-order valence-corrected chi connectivity index (χ2v) is 5.71. The molecule has 0 saturated carbocycles. The highest BCUT2D eigenvalue weighted by molar-refractivity contribution is 6.27. The number of nitrogens with zero attached hydrogens (tertiary/aromatic N) is 3. The van der Waals surface area contributed by atoms with Crippen LogP contribution in [0.1, 0.15) is 62.3 Å². The summed E-state index contributed by atoms with van der Waals surface area (Å²) in [5, 5.41) is 23.9. The van der Waals surface area contributed by atoms with Crippen LogP contribution in [0.15, 0.2) is 0 Å². The van der Waals surface area contributed by atoms with Crippen LogP contribution in [0, 0.1) is 11.3 Å². The summed E-state index contributed by atoms with van der Waals surface area (Å²) in [6.07, 6.45) is 0. The molecule has 0 rings (SSSR count). The molecule has 0 aliphatic carbocycles. The zero-order valence-corrected chi connectivity index (χ0v) is 18.3. The Morgan fingerprint density at radius 1 is 0.680 bits per heavy atom. The topological polar surface area (TPSA) is 69.9 Å². The number of hydrogen-bond acceptors (Lipinski definition) is 3. The number of nitriles is 1. The molecule has 5 nitrogen and oxygen atoms in total. The van der Waals surface area contributed by atoms with Gasteiger partial charge in [-0.3, -0.25) is 0 Å². The molecule has 152 valence electrons. The summed E-state index contributed by atoms with van der Waals surface area (Å²) in [7, 11) is -3.17. The van der Waals surface area contributed by atoms with Crippen LogP contribution in [0.2, 0.25) is 0 Å². The molecule has 0 unspecified atom stereocenters. The molecule has 0 heterocycles. The summed E-state index contributed by atoms with van der Waals surface area (Å²) in [4.78, 5) is 0. The minimum absolute atomic E-state index is 1.28. The van der Waals surface area contributed by atoms with Gasteiger partial charge >= 0.3 is 0 Å². The molecule has 7 heteroatoms. The zero-order valence-electron chi connectivity index (χ0n) is 18.3. The van der Waals surface area contributed by atoms with E-state index >= 15 is 0 Å². The molecule has 0 radical (unpaired) electrons. The third-order valence-corrected chi connectivity index (χ3v) is 5.37. The summed E-state index contributed by atoms with van der Waals surface area (Å²) in [6.45, 7) is 29.9. The van der Waals surface area contributed by atoms with Crippen LogP contribution in [0.5, 0.6) is 0 Å². The summed E-state index contributed by atoms with van der Waals surface area (Å²) in [5.74, 6) is 0. The molecule has 0 aliphatic heterocycles. The number of halogens is 1. The van der Waals surface area contributed by atoms with Crippen LogP contribution in [-0.4, -0.2) is 68.7 Å². The van der Waals surface area contributed by atoms with E-state index in [1.807, 2.05) is 0 Å². The highest BCUT2D eigenvalue weighted by Crippen LogP contribution is 2.03. The van der Waals surface area contributed by atoms with Crippen molar-refractivity contribution in [3.8, 4) is 6.07 Å². The molecule has 25 heavy (non-hydrogen) atoms. The molecule has 0 aromatic carbocycles. The lowest BCUT2D eigenvalue weighted by Crippen LogP contribution is -2.47. The van der Waals surface area contributed by atoms with Gasteiger partial charge in [-0.25, -0.2) is 0 Å². The van der Waals surface area contributed by atoms with E-state index in [4.69, 9.17) is 15.3 Å². The quantitative estimate of drug-likeness (QED) is 0.489. The molecule has 0 spiro atoms. The summed E-state index contributed by atoms with van der Waals surface area (Å²) >= 11 is 0. The molecular weight excluding hydrogens is 320 g/mol. The van der Waals surface area contributed by atoms with Crippen LogP contribution in [0.4, 0.5) is 4.32 Å². The molecular formula is C18H43BFN3O2. The summed E-state index contributed by atoms with van der Waals surface area (Å²) in [6, 6.07) is 1.75. The maximum absolute atomic E-state index is 9.89. The SMILES string of the molecule is CC#N.CC[N+](CC)(CC)CC.CC[N+](CC)(CC)CC.[O-]B([O-])F. The number of hydrogen-bond donors (Lipinski definition) is 0. The Kier molecular flexibility index (Phi) is 27.4. The minimum Gasteiger partial charge on any atom is -0.867 e. The third kappa shape index (κ3) is 19.5. The monoisotopic (exact) mass is 363 g/mol. The van der Waals surface area contributed by atoms with Crippen LogP contribution in [-0.2, 0) is 0 Å². The summed E-state index contributed by atoms with van der Waals surface area (Å²) < 4.78 is 12.4. The van der Waals surface area contributed by atoms with Gasteiger partial charge in [0.2, 0.25) is 0 Å². The van der Waals surface area contributed by atoms with Gasteiger partial charge in [0.05, 0.1) is 58.4 Å². The van der Waals surface area contributed by atoms with Crippen LogP contribution < -0.4 is 10.0 Å². The van der Waals surface area contributed by atoms with Gasteiger partial charge < -0.3 is 23.3 Å². The molecule has 0 aromatic rings. The van der Waals surface area contributed by atoms with E-state index in [0.29, 0.717) is 0 Å². The van der Waals surface area contributed by atoms with Crippen molar-refractivity contribution in [2.75, 3.05) is 52.4 Å². The van der Waals surface area contributed by atoms with E-state index in [1.54, 1.807) is 6.07 Å². The van der Waals surface area contributed by atoms with Gasteiger partial charge in [-0.2, -0.15) is 5.26 Å². The standard InChI is InChI=1S/2C8H20N.C2H3N.BFO2/c2*1-5-9(6-2,7-3)8-4;1-2-3;2-1(3)4/h2*5-8H2,1-4H3;1H3;/q2*+1;;-2. The van der Waals surface area contributed by atoms with E-state index in [0.717, 1.165) is 0 Å². The Morgan fingerprint density at radius 2 is 0.760 bits per heavy atom. The van der Waals surface area contributed by atoms with Gasteiger partial charge in [-0.1, -0.05) is 0 Å². The van der Waals surface area contributed by atoms with Crippen molar-refractivity contribution in [2.45, 2.75) is 62.3 Å². The van der Waals surface area contributed by atoms with E-state index < -0.39 is 7.40 Å². The molecule has 0 atom stereocenters. The molecule has 0 aliphatic rings. The highest BCUT2D eigenvalue weighted by Gasteiger charge is 2.16. The van der Waals surface area contributed by atoms with Crippen LogP contribution in [0.25, 0.3) is 0 Å². The third-order valence-electron chi connectivity index (χ3n) is 5.37. The molecule has 0 aromatic heterocycles. The van der Waals surface area contributed by atoms with Gasteiger partial charge in [0.1, 0.15) is 7.40 Å². The normalized spacial score (nSPS) is 10.0. The van der Waals surface area contributed by atoms with Gasteiger partial charge in [0.15, 0.2) is 0 Å². The molecule has 0 saturated heterocycles. The Balaban J connectivity index is -0.000000130. The first kappa shape index (κ1) is 32.0. The average Bonchev–Trinajstić information content (AvgIpc) is 2.61. The molecule has 0 amide bonds. The largest absolute Gasteiger partial charge is 0.867 e. The number of rotatable bonds is 8. The van der Waals surface area contributed by atoms with E-state index in [2.05, 4.69) is 55.4 Å². The predicted molar refractivity (Wildman–Crippen MR) is 103 cm³/mol. The van der Waals surface area contributed by atoms with E-state index in [9.17, 15) is 4.32 Å². The lowest BCUT2D eigenvalue weighted by atomic mass is 10.3. The van der Waals surface area contributed by atoms with Gasteiger partial charge in [0, 0.05) is 6.92 Å². The van der Waals surface area contributed by atoms with E-state index in [1.165, 1.54) is 68.2 Å². The predicted octanol–water partition coefficient (Wildman–Crippen LogP) is 1.96. The van der Waals surface area contributed by atoms with Crippen molar-refractivity contribution >= 4 is 7.40 Å². The van der Waals surface area contributed by atoms with Crippen molar-refractivity contribution in [2.24, 2.45) is 0 Å². The maximum Gasteiger partial charge on any atom is 0.121 e. The Morgan fingerprint density at radius 3 is 0.760 bits per heavy atom.